The van der Waals surface area contributed by atoms with Gasteiger partial charge < -0.3 is 19.9 Å². The summed E-state index contributed by atoms with van der Waals surface area (Å²) in [6.07, 6.45) is 2.87. The molecule has 2 aliphatic rings. The zero-order valence-corrected chi connectivity index (χ0v) is 15.5. The Morgan fingerprint density at radius 2 is 2.07 bits per heavy atom. The van der Waals surface area contributed by atoms with Gasteiger partial charge >= 0.3 is 6.03 Å². The number of pyridine rings is 1. The standard InChI is InChI=1S/C20H21F2N3O3/c1-25(20(27)23-11-5-6-14(21)15(22)9-11)17-4-2-3-16-18(17)13-10-28-8-7-12(13)19(26)24-16/h5-6,9,17H,2-4,7-8,10H2,1H3,(H,23,27)(H,24,26)/t17-/m0/s1. The SMILES string of the molecule is CN(C(=O)Nc1ccc(F)c(F)c1)[C@H]1CCCc2[nH]c(=O)c3c(c21)COCC3. The Morgan fingerprint density at radius 3 is 2.86 bits per heavy atom. The normalized spacial score (nSPS) is 18.2. The first-order valence-corrected chi connectivity index (χ1v) is 9.29. The van der Waals surface area contributed by atoms with Crippen molar-refractivity contribution in [3.63, 3.8) is 0 Å². The second-order valence-corrected chi connectivity index (χ2v) is 7.18. The quantitative estimate of drug-likeness (QED) is 0.828. The van der Waals surface area contributed by atoms with E-state index in [1.54, 1.807) is 11.9 Å². The minimum absolute atomic E-state index is 0.0772. The van der Waals surface area contributed by atoms with E-state index in [1.807, 2.05) is 0 Å². The van der Waals surface area contributed by atoms with Gasteiger partial charge in [-0.25, -0.2) is 13.6 Å². The molecule has 0 fully saturated rings. The van der Waals surface area contributed by atoms with Gasteiger partial charge in [-0.3, -0.25) is 4.79 Å². The predicted molar refractivity (Wildman–Crippen MR) is 99.2 cm³/mol. The van der Waals surface area contributed by atoms with Crippen molar-refractivity contribution >= 4 is 11.7 Å². The summed E-state index contributed by atoms with van der Waals surface area (Å²) in [4.78, 5) is 29.7. The van der Waals surface area contributed by atoms with Crippen LogP contribution in [-0.4, -0.2) is 29.6 Å². The molecule has 1 aliphatic heterocycles. The molecule has 8 heteroatoms. The summed E-state index contributed by atoms with van der Waals surface area (Å²) < 4.78 is 32.1. The number of hydrogen-bond donors (Lipinski definition) is 2. The third-order valence-corrected chi connectivity index (χ3v) is 5.49. The van der Waals surface area contributed by atoms with E-state index in [1.165, 1.54) is 6.07 Å². The molecule has 1 aromatic heterocycles. The van der Waals surface area contributed by atoms with Crippen LogP contribution in [0, 0.1) is 11.6 Å². The molecular formula is C20H21F2N3O3. The molecular weight excluding hydrogens is 368 g/mol. The molecule has 0 bridgehead atoms. The van der Waals surface area contributed by atoms with Crippen molar-refractivity contribution in [3.05, 3.63) is 62.6 Å². The Balaban J connectivity index is 1.64. The molecule has 28 heavy (non-hydrogen) atoms. The van der Waals surface area contributed by atoms with Gasteiger partial charge in [0.1, 0.15) is 0 Å². The Bertz CT molecular complexity index is 989. The van der Waals surface area contributed by atoms with Crippen molar-refractivity contribution < 1.29 is 18.3 Å². The number of ether oxygens (including phenoxy) is 1. The zero-order chi connectivity index (χ0) is 19.8. The molecule has 2 N–H and O–H groups in total. The van der Waals surface area contributed by atoms with Gasteiger partial charge in [0.2, 0.25) is 0 Å². The van der Waals surface area contributed by atoms with Crippen LogP contribution < -0.4 is 10.9 Å². The van der Waals surface area contributed by atoms with E-state index < -0.39 is 17.7 Å². The molecule has 2 amide bonds. The molecule has 0 spiro atoms. The van der Waals surface area contributed by atoms with Crippen molar-refractivity contribution in [1.29, 1.82) is 0 Å². The summed E-state index contributed by atoms with van der Waals surface area (Å²) in [5.74, 6) is -1.99. The van der Waals surface area contributed by atoms with E-state index in [9.17, 15) is 18.4 Å². The molecule has 1 aliphatic carbocycles. The molecule has 0 unspecified atom stereocenters. The van der Waals surface area contributed by atoms with Crippen LogP contribution in [0.4, 0.5) is 19.3 Å². The fourth-order valence-corrected chi connectivity index (χ4v) is 4.07. The summed E-state index contributed by atoms with van der Waals surface area (Å²) in [6.45, 7) is 0.864. The molecule has 148 valence electrons. The first-order valence-electron chi connectivity index (χ1n) is 9.29. The van der Waals surface area contributed by atoms with Crippen LogP contribution in [-0.2, 0) is 24.2 Å². The van der Waals surface area contributed by atoms with Crippen LogP contribution in [0.15, 0.2) is 23.0 Å². The number of aromatic nitrogens is 1. The number of nitrogens with zero attached hydrogens (tertiary/aromatic N) is 1. The Hall–Kier alpha value is -2.74. The number of carbonyl (C=O) groups is 1. The van der Waals surface area contributed by atoms with Gasteiger partial charge in [-0.1, -0.05) is 0 Å². The molecule has 0 saturated heterocycles. The number of halogens is 2. The average molecular weight is 389 g/mol. The highest BCUT2D eigenvalue weighted by Gasteiger charge is 2.32. The number of hydrogen-bond acceptors (Lipinski definition) is 3. The Morgan fingerprint density at radius 1 is 1.25 bits per heavy atom. The number of fused-ring (bicyclic) bond motifs is 3. The van der Waals surface area contributed by atoms with E-state index in [4.69, 9.17) is 4.74 Å². The molecule has 0 saturated carbocycles. The number of benzene rings is 1. The third-order valence-electron chi connectivity index (χ3n) is 5.49. The van der Waals surface area contributed by atoms with Gasteiger partial charge in [0.25, 0.3) is 5.56 Å². The van der Waals surface area contributed by atoms with Gasteiger partial charge in [0.15, 0.2) is 11.6 Å². The summed E-state index contributed by atoms with van der Waals surface area (Å²) >= 11 is 0. The highest BCUT2D eigenvalue weighted by molar-refractivity contribution is 5.89. The van der Waals surface area contributed by atoms with Gasteiger partial charge in [-0.2, -0.15) is 0 Å². The predicted octanol–water partition coefficient (Wildman–Crippen LogP) is 3.27. The Kier molecular flexibility index (Phi) is 4.89. The fraction of sp³-hybridized carbons (Fsp3) is 0.400. The van der Waals surface area contributed by atoms with Crippen molar-refractivity contribution in [1.82, 2.24) is 9.88 Å². The maximum atomic E-state index is 13.4. The molecule has 2 aromatic rings. The lowest BCUT2D eigenvalue weighted by molar-refractivity contribution is 0.107. The lowest BCUT2D eigenvalue weighted by Gasteiger charge is -2.36. The summed E-state index contributed by atoms with van der Waals surface area (Å²) in [6, 6.07) is 2.57. The molecule has 1 atom stereocenters. The van der Waals surface area contributed by atoms with Gasteiger partial charge in [0, 0.05) is 36.5 Å². The second kappa shape index (κ2) is 7.35. The number of amides is 2. The number of urea groups is 1. The Labute approximate surface area is 160 Å². The number of nitrogens with one attached hydrogen (secondary N) is 2. The van der Waals surface area contributed by atoms with Crippen LogP contribution in [0.1, 0.15) is 41.3 Å². The molecule has 6 nitrogen and oxygen atoms in total. The highest BCUT2D eigenvalue weighted by atomic mass is 19.2. The van der Waals surface area contributed by atoms with Crippen LogP contribution in [0.3, 0.4) is 0 Å². The topological polar surface area (TPSA) is 74.4 Å². The zero-order valence-electron chi connectivity index (χ0n) is 15.5. The third kappa shape index (κ3) is 3.28. The lowest BCUT2D eigenvalue weighted by atomic mass is 9.84. The van der Waals surface area contributed by atoms with Gasteiger partial charge in [0.05, 0.1) is 19.3 Å². The van der Waals surface area contributed by atoms with E-state index in [2.05, 4.69) is 10.3 Å². The van der Waals surface area contributed by atoms with Crippen LogP contribution in [0.25, 0.3) is 0 Å². The van der Waals surface area contributed by atoms with E-state index >= 15 is 0 Å². The average Bonchev–Trinajstić information content (AvgIpc) is 2.70. The summed E-state index contributed by atoms with van der Waals surface area (Å²) in [5, 5.41) is 2.61. The first kappa shape index (κ1) is 18.6. The van der Waals surface area contributed by atoms with Gasteiger partial charge in [-0.15, -0.1) is 0 Å². The van der Waals surface area contributed by atoms with Crippen LogP contribution in [0.2, 0.25) is 0 Å². The molecule has 0 radical (unpaired) electrons. The number of aromatic amines is 1. The number of anilines is 1. The second-order valence-electron chi connectivity index (χ2n) is 7.18. The van der Waals surface area contributed by atoms with Crippen molar-refractivity contribution in [3.8, 4) is 0 Å². The first-order chi connectivity index (χ1) is 13.5. The molecule has 1 aromatic carbocycles. The van der Waals surface area contributed by atoms with E-state index in [0.29, 0.717) is 19.6 Å². The molecule has 4 rings (SSSR count). The number of H-pyrrole nitrogens is 1. The number of aryl methyl sites for hydroxylation is 1. The summed E-state index contributed by atoms with van der Waals surface area (Å²) in [7, 11) is 1.66. The lowest BCUT2D eigenvalue weighted by Crippen LogP contribution is -2.39. The summed E-state index contributed by atoms with van der Waals surface area (Å²) in [5.41, 5.74) is 3.50. The van der Waals surface area contributed by atoms with Crippen LogP contribution in [0.5, 0.6) is 0 Å². The number of rotatable bonds is 2. The fourth-order valence-electron chi connectivity index (χ4n) is 4.07. The van der Waals surface area contributed by atoms with Gasteiger partial charge in [-0.05, 0) is 42.5 Å². The largest absolute Gasteiger partial charge is 0.376 e. The smallest absolute Gasteiger partial charge is 0.322 e. The van der Waals surface area contributed by atoms with E-state index in [-0.39, 0.29) is 17.3 Å². The van der Waals surface area contributed by atoms with Crippen molar-refractivity contribution in [2.75, 3.05) is 19.0 Å². The van der Waals surface area contributed by atoms with Crippen molar-refractivity contribution in [2.45, 2.75) is 38.3 Å². The number of carbonyl (C=O) groups excluding carboxylic acids is 1. The maximum absolute atomic E-state index is 13.4. The van der Waals surface area contributed by atoms with Crippen molar-refractivity contribution in [2.24, 2.45) is 0 Å². The van der Waals surface area contributed by atoms with E-state index in [0.717, 1.165) is 53.8 Å². The highest BCUT2D eigenvalue weighted by Crippen LogP contribution is 2.37. The maximum Gasteiger partial charge on any atom is 0.322 e. The minimum atomic E-state index is -1.02. The minimum Gasteiger partial charge on any atom is -0.376 e. The van der Waals surface area contributed by atoms with Crippen LogP contribution >= 0.6 is 0 Å². The molecule has 2 heterocycles. The monoisotopic (exact) mass is 389 g/mol.